The van der Waals surface area contributed by atoms with Crippen molar-refractivity contribution in [2.24, 2.45) is 0 Å². The quantitative estimate of drug-likeness (QED) is 0.649. The van der Waals surface area contributed by atoms with Gasteiger partial charge in [-0.2, -0.15) is 10.4 Å². The minimum Gasteiger partial charge on any atom is -0.307 e. The first-order valence-corrected chi connectivity index (χ1v) is 4.06. The van der Waals surface area contributed by atoms with Crippen molar-refractivity contribution in [2.45, 2.75) is 26.6 Å². The smallest absolute Gasteiger partial charge is 0.167 e. The van der Waals surface area contributed by atoms with Gasteiger partial charge in [-0.05, 0) is 6.92 Å². The molecule has 0 saturated heterocycles. The van der Waals surface area contributed by atoms with E-state index < -0.39 is 0 Å². The highest BCUT2D eigenvalue weighted by Gasteiger charge is 2.20. The van der Waals surface area contributed by atoms with Crippen molar-refractivity contribution in [3.63, 3.8) is 0 Å². The number of aromatic nitrogens is 2. The standard InChI is InChI=1S/C8H10N4/c1-2-12-8-5-10-4-6(8)7(3-9)11-12/h10H,2,4-5H2,1H3. The zero-order chi connectivity index (χ0) is 8.55. The fourth-order valence-electron chi connectivity index (χ4n) is 1.57. The van der Waals surface area contributed by atoms with Crippen LogP contribution in [0, 0.1) is 11.3 Å². The lowest BCUT2D eigenvalue weighted by atomic mass is 10.2. The first-order chi connectivity index (χ1) is 5.86. The molecule has 2 heterocycles. The van der Waals surface area contributed by atoms with E-state index in [2.05, 4.69) is 16.5 Å². The zero-order valence-corrected chi connectivity index (χ0v) is 6.96. The van der Waals surface area contributed by atoms with Gasteiger partial charge in [0.25, 0.3) is 0 Å². The van der Waals surface area contributed by atoms with Crippen LogP contribution in [0.25, 0.3) is 0 Å². The summed E-state index contributed by atoms with van der Waals surface area (Å²) in [5.41, 5.74) is 2.84. The summed E-state index contributed by atoms with van der Waals surface area (Å²) in [4.78, 5) is 0. The Morgan fingerprint density at radius 3 is 3.17 bits per heavy atom. The van der Waals surface area contributed by atoms with Gasteiger partial charge in [0.15, 0.2) is 5.69 Å². The Hall–Kier alpha value is -1.34. The van der Waals surface area contributed by atoms with Crippen molar-refractivity contribution in [1.29, 1.82) is 5.26 Å². The lowest BCUT2D eigenvalue weighted by Gasteiger charge is -1.98. The van der Waals surface area contributed by atoms with E-state index in [9.17, 15) is 0 Å². The van der Waals surface area contributed by atoms with Crippen LogP contribution in [0.2, 0.25) is 0 Å². The van der Waals surface area contributed by atoms with Crippen molar-refractivity contribution >= 4 is 0 Å². The molecule has 1 N–H and O–H groups in total. The van der Waals surface area contributed by atoms with E-state index in [0.717, 1.165) is 25.2 Å². The van der Waals surface area contributed by atoms with Gasteiger partial charge in [0.1, 0.15) is 6.07 Å². The van der Waals surface area contributed by atoms with Gasteiger partial charge in [0, 0.05) is 25.2 Å². The molecule has 62 valence electrons. The number of hydrogen-bond acceptors (Lipinski definition) is 3. The van der Waals surface area contributed by atoms with E-state index in [1.165, 1.54) is 5.69 Å². The van der Waals surface area contributed by atoms with E-state index in [4.69, 9.17) is 5.26 Å². The molecule has 1 aromatic heterocycles. The van der Waals surface area contributed by atoms with Crippen LogP contribution < -0.4 is 5.32 Å². The molecule has 0 spiro atoms. The number of aryl methyl sites for hydroxylation is 1. The molecule has 2 rings (SSSR count). The highest BCUT2D eigenvalue weighted by atomic mass is 15.3. The van der Waals surface area contributed by atoms with Crippen LogP contribution in [0.15, 0.2) is 0 Å². The third-order valence-electron chi connectivity index (χ3n) is 2.17. The van der Waals surface area contributed by atoms with Gasteiger partial charge in [-0.15, -0.1) is 0 Å². The summed E-state index contributed by atoms with van der Waals surface area (Å²) < 4.78 is 1.90. The van der Waals surface area contributed by atoms with Crippen molar-refractivity contribution in [1.82, 2.24) is 15.1 Å². The number of nitriles is 1. The number of fused-ring (bicyclic) bond motifs is 1. The second-order valence-corrected chi connectivity index (χ2v) is 2.80. The molecule has 0 unspecified atom stereocenters. The minimum absolute atomic E-state index is 0.580. The van der Waals surface area contributed by atoms with Crippen molar-refractivity contribution in [2.75, 3.05) is 0 Å². The highest BCUT2D eigenvalue weighted by Crippen LogP contribution is 2.18. The van der Waals surface area contributed by atoms with Crippen LogP contribution in [0.3, 0.4) is 0 Å². The number of nitrogens with one attached hydrogen (secondary N) is 1. The molecule has 12 heavy (non-hydrogen) atoms. The lowest BCUT2D eigenvalue weighted by Crippen LogP contribution is -2.08. The molecular formula is C8H10N4. The Kier molecular flexibility index (Phi) is 1.59. The maximum atomic E-state index is 8.76. The molecule has 0 aliphatic carbocycles. The average Bonchev–Trinajstić information content (AvgIpc) is 2.63. The number of rotatable bonds is 1. The van der Waals surface area contributed by atoms with E-state index in [0.29, 0.717) is 5.69 Å². The molecule has 0 atom stereocenters. The molecule has 1 aliphatic heterocycles. The maximum absolute atomic E-state index is 8.76. The van der Waals surface area contributed by atoms with Gasteiger partial charge in [-0.1, -0.05) is 0 Å². The predicted octanol–water partition coefficient (Wildman–Crippen LogP) is 0.378. The highest BCUT2D eigenvalue weighted by molar-refractivity contribution is 5.37. The van der Waals surface area contributed by atoms with E-state index in [1.54, 1.807) is 0 Å². The molecule has 1 aliphatic rings. The maximum Gasteiger partial charge on any atom is 0.167 e. The monoisotopic (exact) mass is 162 g/mol. The number of hydrogen-bond donors (Lipinski definition) is 1. The molecule has 1 aromatic rings. The lowest BCUT2D eigenvalue weighted by molar-refractivity contribution is 0.603. The van der Waals surface area contributed by atoms with Gasteiger partial charge < -0.3 is 5.32 Å². The summed E-state index contributed by atoms with van der Waals surface area (Å²) in [6.07, 6.45) is 0. The Labute approximate surface area is 70.8 Å². The first-order valence-electron chi connectivity index (χ1n) is 4.06. The SMILES string of the molecule is CCn1nc(C#N)c2c1CNC2. The Bertz CT molecular complexity index is 345. The molecule has 4 heteroatoms. The van der Waals surface area contributed by atoms with Gasteiger partial charge >= 0.3 is 0 Å². The summed E-state index contributed by atoms with van der Waals surface area (Å²) in [6.45, 7) is 4.51. The Balaban J connectivity index is 2.56. The molecule has 4 nitrogen and oxygen atoms in total. The Morgan fingerprint density at radius 1 is 1.67 bits per heavy atom. The van der Waals surface area contributed by atoms with Crippen LogP contribution >= 0.6 is 0 Å². The van der Waals surface area contributed by atoms with E-state index >= 15 is 0 Å². The van der Waals surface area contributed by atoms with E-state index in [-0.39, 0.29) is 0 Å². The second kappa shape index (κ2) is 2.61. The summed E-state index contributed by atoms with van der Waals surface area (Å²) in [5, 5.41) is 16.1. The van der Waals surface area contributed by atoms with Gasteiger partial charge in [0.2, 0.25) is 0 Å². The molecule has 0 amide bonds. The van der Waals surface area contributed by atoms with Crippen LogP contribution in [-0.4, -0.2) is 9.78 Å². The predicted molar refractivity (Wildman–Crippen MR) is 43.2 cm³/mol. The first kappa shape index (κ1) is 7.32. The molecular weight excluding hydrogens is 152 g/mol. The third kappa shape index (κ3) is 0.836. The Morgan fingerprint density at radius 2 is 2.50 bits per heavy atom. The summed E-state index contributed by atoms with van der Waals surface area (Å²) in [7, 11) is 0. The normalized spacial score (nSPS) is 14.3. The van der Waals surface area contributed by atoms with Crippen LogP contribution in [0.1, 0.15) is 23.9 Å². The molecule has 0 radical (unpaired) electrons. The number of nitrogens with zero attached hydrogens (tertiary/aromatic N) is 3. The largest absolute Gasteiger partial charge is 0.307 e. The third-order valence-corrected chi connectivity index (χ3v) is 2.17. The molecule has 0 bridgehead atoms. The van der Waals surface area contributed by atoms with E-state index in [1.807, 2.05) is 11.6 Å². The molecule has 0 aromatic carbocycles. The summed E-state index contributed by atoms with van der Waals surface area (Å²) in [5.74, 6) is 0. The van der Waals surface area contributed by atoms with Gasteiger partial charge in [-0.3, -0.25) is 4.68 Å². The average molecular weight is 162 g/mol. The summed E-state index contributed by atoms with van der Waals surface area (Å²) in [6, 6.07) is 2.11. The van der Waals surface area contributed by atoms with Gasteiger partial charge in [0.05, 0.1) is 5.69 Å². The second-order valence-electron chi connectivity index (χ2n) is 2.80. The summed E-state index contributed by atoms with van der Waals surface area (Å²) >= 11 is 0. The van der Waals surface area contributed by atoms with Gasteiger partial charge in [-0.25, -0.2) is 0 Å². The molecule has 0 fully saturated rings. The van der Waals surface area contributed by atoms with Crippen molar-refractivity contribution in [3.8, 4) is 6.07 Å². The van der Waals surface area contributed by atoms with Crippen LogP contribution in [0.5, 0.6) is 0 Å². The molecule has 0 saturated carbocycles. The van der Waals surface area contributed by atoms with Crippen molar-refractivity contribution < 1.29 is 0 Å². The zero-order valence-electron chi connectivity index (χ0n) is 6.96. The van der Waals surface area contributed by atoms with Crippen LogP contribution in [-0.2, 0) is 19.6 Å². The van der Waals surface area contributed by atoms with Crippen LogP contribution in [0.4, 0.5) is 0 Å². The van der Waals surface area contributed by atoms with Crippen molar-refractivity contribution in [3.05, 3.63) is 17.0 Å². The topological polar surface area (TPSA) is 53.6 Å². The fraction of sp³-hybridized carbons (Fsp3) is 0.500. The minimum atomic E-state index is 0.580. The fourth-order valence-corrected chi connectivity index (χ4v) is 1.57.